The van der Waals surface area contributed by atoms with Crippen molar-refractivity contribution >= 4 is 23.7 Å². The Labute approximate surface area is 190 Å². The van der Waals surface area contributed by atoms with Crippen LogP contribution in [0.1, 0.15) is 47.6 Å². The van der Waals surface area contributed by atoms with Gasteiger partial charge in [0, 0.05) is 13.0 Å². The Morgan fingerprint density at radius 3 is 2.41 bits per heavy atom. The number of nitrogens with zero attached hydrogens (tertiary/aromatic N) is 4. The lowest BCUT2D eigenvalue weighted by Gasteiger charge is -2.16. The van der Waals surface area contributed by atoms with E-state index in [4.69, 9.17) is 5.11 Å². The van der Waals surface area contributed by atoms with Crippen LogP contribution in [0.25, 0.3) is 0 Å². The van der Waals surface area contributed by atoms with E-state index in [1.54, 1.807) is 0 Å². The van der Waals surface area contributed by atoms with Gasteiger partial charge in [-0.3, -0.25) is 9.59 Å². The molecule has 0 fully saturated rings. The molecule has 0 bridgehead atoms. The molecule has 2 N–H and O–H groups in total. The molecule has 0 aliphatic carbocycles. The molecule has 0 aliphatic heterocycles. The number of thioether (sulfide) groups is 1. The van der Waals surface area contributed by atoms with Gasteiger partial charge in [-0.2, -0.15) is 0 Å². The summed E-state index contributed by atoms with van der Waals surface area (Å²) >= 11 is 1.07. The summed E-state index contributed by atoms with van der Waals surface area (Å²) in [6, 6.07) is 17.9. The van der Waals surface area contributed by atoms with Gasteiger partial charge in [0.1, 0.15) is 5.25 Å². The predicted molar refractivity (Wildman–Crippen MR) is 120 cm³/mol. The fourth-order valence-electron chi connectivity index (χ4n) is 3.46. The fourth-order valence-corrected chi connectivity index (χ4v) is 4.46. The number of aliphatic carboxylic acids is 2. The largest absolute Gasteiger partial charge is 0.481 e. The molecule has 0 aliphatic rings. The van der Waals surface area contributed by atoms with Gasteiger partial charge in [-0.15, -0.1) is 5.10 Å². The van der Waals surface area contributed by atoms with Crippen molar-refractivity contribution in [1.82, 2.24) is 20.2 Å². The summed E-state index contributed by atoms with van der Waals surface area (Å²) in [4.78, 5) is 22.9. The molecule has 3 aromatic rings. The zero-order chi connectivity index (χ0) is 22.8. The first-order chi connectivity index (χ1) is 15.5. The molecule has 0 saturated carbocycles. The lowest BCUT2D eigenvalue weighted by Crippen LogP contribution is -2.13. The topological polar surface area (TPSA) is 118 Å². The first kappa shape index (κ1) is 23.5. The van der Waals surface area contributed by atoms with Crippen LogP contribution in [-0.2, 0) is 29.0 Å². The molecule has 0 radical (unpaired) electrons. The monoisotopic (exact) mass is 454 g/mol. The smallest absolute Gasteiger partial charge is 0.321 e. The van der Waals surface area contributed by atoms with Crippen molar-refractivity contribution in [2.45, 2.75) is 55.5 Å². The number of aryl methyl sites for hydroxylation is 3. The molecular formula is C23H26N4O4S. The predicted octanol–water partition coefficient (Wildman–Crippen LogP) is 4.02. The van der Waals surface area contributed by atoms with Gasteiger partial charge in [-0.25, -0.2) is 4.68 Å². The molecular weight excluding hydrogens is 428 g/mol. The number of hydrogen-bond acceptors (Lipinski definition) is 6. The molecule has 9 heteroatoms. The van der Waals surface area contributed by atoms with Gasteiger partial charge in [-0.1, -0.05) is 66.4 Å². The molecule has 3 rings (SSSR count). The number of carboxylic acids is 2. The lowest BCUT2D eigenvalue weighted by atomic mass is 9.98. The summed E-state index contributed by atoms with van der Waals surface area (Å²) in [6.45, 7) is 0.315. The maximum Gasteiger partial charge on any atom is 0.321 e. The number of unbranched alkanes of at least 4 members (excludes halogenated alkanes) is 1. The molecule has 2 aromatic carbocycles. The molecule has 0 saturated heterocycles. The molecule has 8 nitrogen and oxygen atoms in total. The number of aromatic nitrogens is 4. The number of hydrogen-bond donors (Lipinski definition) is 2. The standard InChI is InChI=1S/C23H26N4O4S/c28-20(29)15-8-16-27-23(24-25-26-27)32-21(22(30)31)19-14-7-6-13-18(19)12-5-4-11-17-9-2-1-3-10-17/h1-3,6-7,9-10,13-14,21H,4-5,8,11-12,15-16H2,(H,28,29)(H,30,31). The van der Waals surface area contributed by atoms with E-state index >= 15 is 0 Å². The first-order valence-electron chi connectivity index (χ1n) is 10.5. The van der Waals surface area contributed by atoms with Gasteiger partial charge in [0.15, 0.2) is 0 Å². The highest BCUT2D eigenvalue weighted by molar-refractivity contribution is 8.00. The number of rotatable bonds is 13. The first-order valence-corrected chi connectivity index (χ1v) is 11.4. The van der Waals surface area contributed by atoms with Gasteiger partial charge >= 0.3 is 11.9 Å². The van der Waals surface area contributed by atoms with Crippen molar-refractivity contribution < 1.29 is 19.8 Å². The van der Waals surface area contributed by atoms with E-state index in [-0.39, 0.29) is 6.42 Å². The van der Waals surface area contributed by atoms with Gasteiger partial charge in [0.05, 0.1) is 0 Å². The van der Waals surface area contributed by atoms with E-state index in [0.29, 0.717) is 18.1 Å². The summed E-state index contributed by atoms with van der Waals surface area (Å²) in [5.41, 5.74) is 3.05. The molecule has 168 valence electrons. The molecule has 1 heterocycles. The zero-order valence-electron chi connectivity index (χ0n) is 17.6. The third-order valence-corrected chi connectivity index (χ3v) is 6.24. The minimum absolute atomic E-state index is 0.00184. The molecule has 1 aromatic heterocycles. The highest BCUT2D eigenvalue weighted by Crippen LogP contribution is 2.36. The van der Waals surface area contributed by atoms with Crippen LogP contribution in [0, 0.1) is 0 Å². The van der Waals surface area contributed by atoms with Gasteiger partial charge in [0.25, 0.3) is 0 Å². The second kappa shape index (κ2) is 12.0. The third kappa shape index (κ3) is 6.91. The lowest BCUT2D eigenvalue weighted by molar-refractivity contribution is -0.137. The third-order valence-electron chi connectivity index (χ3n) is 5.05. The zero-order valence-corrected chi connectivity index (χ0v) is 18.4. The van der Waals surface area contributed by atoms with Crippen LogP contribution in [0.3, 0.4) is 0 Å². The molecule has 0 amide bonds. The summed E-state index contributed by atoms with van der Waals surface area (Å²) in [6.07, 6.45) is 4.12. The number of carboxylic acid groups (broad SMARTS) is 2. The Hall–Kier alpha value is -3.20. The maximum absolute atomic E-state index is 12.1. The van der Waals surface area contributed by atoms with Crippen LogP contribution < -0.4 is 0 Å². The van der Waals surface area contributed by atoms with Crippen LogP contribution in [0.2, 0.25) is 0 Å². The SMILES string of the molecule is O=C(O)CCCn1nnnc1SC(C(=O)O)c1ccccc1CCCCc1ccccc1. The summed E-state index contributed by atoms with van der Waals surface area (Å²) < 4.78 is 1.46. The fraction of sp³-hybridized carbons (Fsp3) is 0.348. The Balaban J connectivity index is 1.66. The highest BCUT2D eigenvalue weighted by atomic mass is 32.2. The highest BCUT2D eigenvalue weighted by Gasteiger charge is 2.26. The second-order valence-electron chi connectivity index (χ2n) is 7.41. The van der Waals surface area contributed by atoms with Crippen molar-refractivity contribution in [3.05, 3.63) is 71.3 Å². The van der Waals surface area contributed by atoms with Gasteiger partial charge in [-0.05, 0) is 59.2 Å². The Kier molecular flexibility index (Phi) is 8.79. The van der Waals surface area contributed by atoms with Crippen molar-refractivity contribution in [2.24, 2.45) is 0 Å². The van der Waals surface area contributed by atoms with E-state index in [1.165, 1.54) is 10.2 Å². The van der Waals surface area contributed by atoms with Gasteiger partial charge in [0.2, 0.25) is 5.16 Å². The van der Waals surface area contributed by atoms with Crippen LogP contribution in [0.15, 0.2) is 59.8 Å². The van der Waals surface area contributed by atoms with Crippen molar-refractivity contribution in [3.63, 3.8) is 0 Å². The van der Waals surface area contributed by atoms with E-state index in [0.717, 1.165) is 48.6 Å². The van der Waals surface area contributed by atoms with E-state index in [9.17, 15) is 14.7 Å². The summed E-state index contributed by atoms with van der Waals surface area (Å²) in [7, 11) is 0. The maximum atomic E-state index is 12.1. The average molecular weight is 455 g/mol. The minimum Gasteiger partial charge on any atom is -0.481 e. The number of tetrazole rings is 1. The normalized spacial score (nSPS) is 11.9. The van der Waals surface area contributed by atoms with Crippen molar-refractivity contribution in [2.75, 3.05) is 0 Å². The van der Waals surface area contributed by atoms with Crippen molar-refractivity contribution in [3.8, 4) is 0 Å². The van der Waals surface area contributed by atoms with Crippen LogP contribution in [0.4, 0.5) is 0 Å². The quantitative estimate of drug-likeness (QED) is 0.294. The average Bonchev–Trinajstić information content (AvgIpc) is 3.23. The summed E-state index contributed by atoms with van der Waals surface area (Å²) in [5, 5.41) is 29.7. The second-order valence-corrected chi connectivity index (χ2v) is 8.48. The van der Waals surface area contributed by atoms with Gasteiger partial charge < -0.3 is 10.2 Å². The Bertz CT molecular complexity index is 1030. The number of carbonyl (C=O) groups is 2. The van der Waals surface area contributed by atoms with E-state index in [1.807, 2.05) is 42.5 Å². The number of benzene rings is 2. The molecule has 32 heavy (non-hydrogen) atoms. The Morgan fingerprint density at radius 2 is 1.66 bits per heavy atom. The minimum atomic E-state index is -0.966. The van der Waals surface area contributed by atoms with Crippen LogP contribution in [-0.4, -0.2) is 42.4 Å². The van der Waals surface area contributed by atoms with Crippen LogP contribution >= 0.6 is 11.8 Å². The molecule has 1 unspecified atom stereocenters. The van der Waals surface area contributed by atoms with E-state index in [2.05, 4.69) is 27.7 Å². The van der Waals surface area contributed by atoms with Crippen LogP contribution in [0.5, 0.6) is 0 Å². The Morgan fingerprint density at radius 1 is 0.938 bits per heavy atom. The molecule has 1 atom stereocenters. The van der Waals surface area contributed by atoms with E-state index < -0.39 is 17.2 Å². The molecule has 0 spiro atoms. The summed E-state index contributed by atoms with van der Waals surface area (Å²) in [5.74, 6) is -1.86. The van der Waals surface area contributed by atoms with Crippen molar-refractivity contribution in [1.29, 1.82) is 0 Å².